The maximum Gasteiger partial charge on any atom is 0.173 e. The summed E-state index contributed by atoms with van der Waals surface area (Å²) in [6, 6.07) is 12.8. The van der Waals surface area contributed by atoms with E-state index in [1.807, 2.05) is 24.3 Å². The zero-order chi connectivity index (χ0) is 16.2. The zero-order valence-electron chi connectivity index (χ0n) is 12.3. The molecule has 0 bridgehead atoms. The first-order valence-electron chi connectivity index (χ1n) is 6.88. The number of methoxy groups -OCH3 is 1. The molecule has 0 aliphatic heterocycles. The molecule has 1 aromatic heterocycles. The maximum absolute atomic E-state index is 12.3. The van der Waals surface area contributed by atoms with Crippen LogP contribution >= 0.6 is 23.4 Å². The number of Topliss-reactive ketones (excluding diaryl/α,β-unsaturated/α-hetero) is 1. The van der Waals surface area contributed by atoms with Crippen molar-refractivity contribution in [3.63, 3.8) is 0 Å². The standard InChI is InChI=1S/C17H13ClN2O2S/c1-22-16-7-6-11(8-13(16)18)15(21)9-23-17-12-4-2-3-5-14(12)19-10-20-17/h2-8,10H,9H2,1H3. The molecule has 0 amide bonds. The van der Waals surface area contributed by atoms with E-state index in [1.165, 1.54) is 18.1 Å². The number of hydrogen-bond acceptors (Lipinski definition) is 5. The highest BCUT2D eigenvalue weighted by Gasteiger charge is 2.11. The summed E-state index contributed by atoms with van der Waals surface area (Å²) in [4.78, 5) is 20.8. The Morgan fingerprint density at radius 3 is 2.83 bits per heavy atom. The van der Waals surface area contributed by atoms with Crippen molar-refractivity contribution in [3.8, 4) is 5.75 Å². The Bertz CT molecular complexity index is 865. The van der Waals surface area contributed by atoms with Crippen molar-refractivity contribution in [2.75, 3.05) is 12.9 Å². The average molecular weight is 345 g/mol. The van der Waals surface area contributed by atoms with Crippen LogP contribution in [0.15, 0.2) is 53.8 Å². The van der Waals surface area contributed by atoms with Crippen molar-refractivity contribution in [2.24, 2.45) is 0 Å². The fraction of sp³-hybridized carbons (Fsp3) is 0.118. The van der Waals surface area contributed by atoms with Gasteiger partial charge >= 0.3 is 0 Å². The highest BCUT2D eigenvalue weighted by atomic mass is 35.5. The van der Waals surface area contributed by atoms with Crippen molar-refractivity contribution < 1.29 is 9.53 Å². The second-order valence-corrected chi connectivity index (χ2v) is 6.13. The molecule has 0 saturated carbocycles. The van der Waals surface area contributed by atoms with Crippen molar-refractivity contribution in [3.05, 3.63) is 59.4 Å². The largest absolute Gasteiger partial charge is 0.495 e. The molecule has 3 aromatic rings. The molecule has 23 heavy (non-hydrogen) atoms. The molecule has 2 aromatic carbocycles. The zero-order valence-corrected chi connectivity index (χ0v) is 13.9. The molecule has 4 nitrogen and oxygen atoms in total. The minimum atomic E-state index is -0.0118. The van der Waals surface area contributed by atoms with Gasteiger partial charge in [-0.15, -0.1) is 0 Å². The van der Waals surface area contributed by atoms with Crippen molar-refractivity contribution in [1.29, 1.82) is 0 Å². The Balaban J connectivity index is 1.77. The summed E-state index contributed by atoms with van der Waals surface area (Å²) in [5, 5.41) is 2.17. The number of carbonyl (C=O) groups is 1. The van der Waals surface area contributed by atoms with Crippen LogP contribution in [0.5, 0.6) is 5.75 Å². The Labute approximate surface area is 142 Å². The number of ketones is 1. The Morgan fingerprint density at radius 1 is 1.22 bits per heavy atom. The van der Waals surface area contributed by atoms with Gasteiger partial charge in [-0.05, 0) is 24.3 Å². The van der Waals surface area contributed by atoms with Gasteiger partial charge in [-0.1, -0.05) is 41.6 Å². The molecule has 3 rings (SSSR count). The summed E-state index contributed by atoms with van der Waals surface area (Å²) < 4.78 is 5.09. The monoisotopic (exact) mass is 344 g/mol. The average Bonchev–Trinajstić information content (AvgIpc) is 2.59. The van der Waals surface area contributed by atoms with E-state index in [1.54, 1.807) is 25.3 Å². The second-order valence-electron chi connectivity index (χ2n) is 4.76. The third-order valence-electron chi connectivity index (χ3n) is 3.32. The number of aromatic nitrogens is 2. The third-order valence-corrected chi connectivity index (χ3v) is 4.62. The summed E-state index contributed by atoms with van der Waals surface area (Å²) in [5.74, 6) is 0.823. The van der Waals surface area contributed by atoms with E-state index in [4.69, 9.17) is 16.3 Å². The van der Waals surface area contributed by atoms with E-state index in [-0.39, 0.29) is 11.5 Å². The topological polar surface area (TPSA) is 52.1 Å². The highest BCUT2D eigenvalue weighted by Crippen LogP contribution is 2.27. The molecule has 6 heteroatoms. The number of ether oxygens (including phenoxy) is 1. The predicted molar refractivity (Wildman–Crippen MR) is 92.6 cm³/mol. The lowest BCUT2D eigenvalue weighted by molar-refractivity contribution is 0.102. The third kappa shape index (κ3) is 3.46. The van der Waals surface area contributed by atoms with Crippen LogP contribution in [0.3, 0.4) is 0 Å². The number of thioether (sulfide) groups is 1. The molecular formula is C17H13ClN2O2S. The molecule has 0 aliphatic carbocycles. The number of para-hydroxylation sites is 1. The molecule has 0 aliphatic rings. The summed E-state index contributed by atoms with van der Waals surface area (Å²) in [6.07, 6.45) is 1.51. The van der Waals surface area contributed by atoms with E-state index in [9.17, 15) is 4.79 Å². The molecule has 0 saturated heterocycles. The Morgan fingerprint density at radius 2 is 2.04 bits per heavy atom. The number of halogens is 1. The van der Waals surface area contributed by atoms with Gasteiger partial charge in [0, 0.05) is 10.9 Å². The Hall–Kier alpha value is -2.11. The van der Waals surface area contributed by atoms with E-state index in [0.717, 1.165) is 15.9 Å². The number of hydrogen-bond donors (Lipinski definition) is 0. The van der Waals surface area contributed by atoms with E-state index >= 15 is 0 Å². The fourth-order valence-corrected chi connectivity index (χ4v) is 3.29. The minimum absolute atomic E-state index is 0.0118. The number of fused-ring (bicyclic) bond motifs is 1. The minimum Gasteiger partial charge on any atom is -0.495 e. The number of rotatable bonds is 5. The van der Waals surface area contributed by atoms with Crippen molar-refractivity contribution >= 4 is 40.0 Å². The normalized spacial score (nSPS) is 10.7. The smallest absolute Gasteiger partial charge is 0.173 e. The van der Waals surface area contributed by atoms with Crippen molar-refractivity contribution in [1.82, 2.24) is 9.97 Å². The molecule has 0 fully saturated rings. The Kier molecular flexibility index (Phi) is 4.79. The fourth-order valence-electron chi connectivity index (χ4n) is 2.15. The maximum atomic E-state index is 12.3. The molecule has 1 heterocycles. The first-order chi connectivity index (χ1) is 11.2. The molecule has 116 valence electrons. The number of nitrogens with zero attached hydrogens (tertiary/aromatic N) is 2. The SMILES string of the molecule is COc1ccc(C(=O)CSc2ncnc3ccccc23)cc1Cl. The van der Waals surface area contributed by atoms with Gasteiger partial charge in [0.1, 0.15) is 17.1 Å². The van der Waals surface area contributed by atoms with Gasteiger partial charge in [-0.2, -0.15) is 0 Å². The second kappa shape index (κ2) is 6.98. The molecule has 0 radical (unpaired) electrons. The highest BCUT2D eigenvalue weighted by molar-refractivity contribution is 8.00. The summed E-state index contributed by atoms with van der Waals surface area (Å²) in [7, 11) is 1.54. The lowest BCUT2D eigenvalue weighted by Gasteiger charge is -2.06. The summed E-state index contributed by atoms with van der Waals surface area (Å²) >= 11 is 7.46. The van der Waals surface area contributed by atoms with Gasteiger partial charge < -0.3 is 4.74 Å². The van der Waals surface area contributed by atoms with Crippen molar-refractivity contribution in [2.45, 2.75) is 5.03 Å². The van der Waals surface area contributed by atoms with Gasteiger partial charge in [0.15, 0.2) is 5.78 Å². The number of benzene rings is 2. The van der Waals surface area contributed by atoms with Gasteiger partial charge in [-0.25, -0.2) is 9.97 Å². The van der Waals surface area contributed by atoms with Crippen LogP contribution in [-0.2, 0) is 0 Å². The molecular weight excluding hydrogens is 332 g/mol. The molecule has 0 N–H and O–H groups in total. The van der Waals surface area contributed by atoms with E-state index in [0.29, 0.717) is 16.3 Å². The van der Waals surface area contributed by atoms with E-state index in [2.05, 4.69) is 9.97 Å². The quantitative estimate of drug-likeness (QED) is 0.393. The van der Waals surface area contributed by atoms with Crippen LogP contribution in [0.25, 0.3) is 10.9 Å². The van der Waals surface area contributed by atoms with Crippen LogP contribution in [-0.4, -0.2) is 28.6 Å². The van der Waals surface area contributed by atoms with Crippen LogP contribution in [0, 0.1) is 0 Å². The first kappa shape index (κ1) is 15.8. The predicted octanol–water partition coefficient (Wildman–Crippen LogP) is 4.27. The van der Waals surface area contributed by atoms with E-state index < -0.39 is 0 Å². The first-order valence-corrected chi connectivity index (χ1v) is 8.24. The molecule has 0 spiro atoms. The summed E-state index contributed by atoms with van der Waals surface area (Å²) in [5.41, 5.74) is 1.42. The van der Waals surface area contributed by atoms with Gasteiger partial charge in [0.05, 0.1) is 23.4 Å². The van der Waals surface area contributed by atoms with Crippen LogP contribution in [0.4, 0.5) is 0 Å². The van der Waals surface area contributed by atoms with Gasteiger partial charge in [-0.3, -0.25) is 4.79 Å². The van der Waals surface area contributed by atoms with Crippen LogP contribution in [0.1, 0.15) is 10.4 Å². The van der Waals surface area contributed by atoms with Crippen LogP contribution < -0.4 is 4.74 Å². The number of carbonyl (C=O) groups excluding carboxylic acids is 1. The van der Waals surface area contributed by atoms with Gasteiger partial charge in [0.2, 0.25) is 0 Å². The lowest BCUT2D eigenvalue weighted by Crippen LogP contribution is -2.03. The van der Waals surface area contributed by atoms with Gasteiger partial charge in [0.25, 0.3) is 0 Å². The molecule has 0 atom stereocenters. The molecule has 0 unspecified atom stereocenters. The lowest BCUT2D eigenvalue weighted by atomic mass is 10.1. The van der Waals surface area contributed by atoms with Crippen LogP contribution in [0.2, 0.25) is 5.02 Å². The summed E-state index contributed by atoms with van der Waals surface area (Å²) in [6.45, 7) is 0.